The lowest BCUT2D eigenvalue weighted by atomic mass is 10.3. The summed E-state index contributed by atoms with van der Waals surface area (Å²) in [5, 5.41) is 0. The molecular weight excluding hydrogens is 188 g/mol. The molecule has 0 N–H and O–H groups in total. The number of hydrogen-bond donors (Lipinski definition) is 0. The van der Waals surface area contributed by atoms with Gasteiger partial charge in [-0.3, -0.25) is 4.79 Å². The number of methoxy groups -OCH3 is 1. The number of carbonyl (C=O) groups is 3. The third-order valence-electron chi connectivity index (χ3n) is 1.22. The van der Waals surface area contributed by atoms with Crippen molar-refractivity contribution in [2.75, 3.05) is 7.11 Å². The largest absolute Gasteiger partial charge is 0.466 e. The van der Waals surface area contributed by atoms with E-state index in [9.17, 15) is 14.4 Å². The summed E-state index contributed by atoms with van der Waals surface area (Å²) in [5.74, 6) is -1.48. The summed E-state index contributed by atoms with van der Waals surface area (Å²) in [7, 11) is 1.31. The standard InChI is InChI=1S/C5H4O3.C4H6O2/c1-3-2-4(6)8-5(3)7;1-3-4(5)6-2/h1-2H2;3H,1H2,2H3. The summed E-state index contributed by atoms with van der Waals surface area (Å²) in [6.45, 7) is 6.45. The Morgan fingerprint density at radius 2 is 2.14 bits per heavy atom. The molecule has 76 valence electrons. The normalized spacial score (nSPS) is 13.9. The number of ether oxygens (including phenoxy) is 2. The molecule has 1 aliphatic rings. The zero-order chi connectivity index (χ0) is 11.1. The molecule has 0 aromatic carbocycles. The molecule has 0 aromatic heterocycles. The first-order chi connectivity index (χ1) is 6.51. The van der Waals surface area contributed by atoms with Gasteiger partial charge in [0, 0.05) is 11.6 Å². The highest BCUT2D eigenvalue weighted by Crippen LogP contribution is 2.10. The van der Waals surface area contributed by atoms with Gasteiger partial charge in [-0.15, -0.1) is 0 Å². The van der Waals surface area contributed by atoms with Crippen LogP contribution < -0.4 is 0 Å². The molecule has 5 nitrogen and oxygen atoms in total. The number of esters is 3. The van der Waals surface area contributed by atoms with Gasteiger partial charge in [0.15, 0.2) is 0 Å². The molecular formula is C9H10O5. The van der Waals surface area contributed by atoms with E-state index in [1.165, 1.54) is 7.11 Å². The van der Waals surface area contributed by atoms with Crippen molar-refractivity contribution >= 4 is 17.9 Å². The fourth-order valence-corrected chi connectivity index (χ4v) is 0.541. The second-order valence-electron chi connectivity index (χ2n) is 2.27. The number of rotatable bonds is 1. The van der Waals surface area contributed by atoms with E-state index in [1.54, 1.807) is 0 Å². The quantitative estimate of drug-likeness (QED) is 0.345. The van der Waals surface area contributed by atoms with Crippen molar-refractivity contribution in [3.05, 3.63) is 24.8 Å². The van der Waals surface area contributed by atoms with Crippen LogP contribution in [0.2, 0.25) is 0 Å². The zero-order valence-corrected chi connectivity index (χ0v) is 7.74. The van der Waals surface area contributed by atoms with Gasteiger partial charge in [0.05, 0.1) is 13.5 Å². The molecule has 1 aliphatic heterocycles. The van der Waals surface area contributed by atoms with E-state index in [0.29, 0.717) is 0 Å². The maximum absolute atomic E-state index is 10.2. The zero-order valence-electron chi connectivity index (χ0n) is 7.74. The predicted octanol–water partition coefficient (Wildman–Crippen LogP) is 0.361. The van der Waals surface area contributed by atoms with Gasteiger partial charge < -0.3 is 9.47 Å². The van der Waals surface area contributed by atoms with Crippen LogP contribution in [0, 0.1) is 0 Å². The number of carbonyl (C=O) groups excluding carboxylic acids is 3. The molecule has 0 saturated carbocycles. The van der Waals surface area contributed by atoms with E-state index in [4.69, 9.17) is 0 Å². The van der Waals surface area contributed by atoms with Crippen molar-refractivity contribution in [1.29, 1.82) is 0 Å². The molecule has 0 unspecified atom stereocenters. The molecule has 1 rings (SSSR count). The Morgan fingerprint density at radius 1 is 1.57 bits per heavy atom. The molecule has 0 aliphatic carbocycles. The van der Waals surface area contributed by atoms with Crippen molar-refractivity contribution in [1.82, 2.24) is 0 Å². The first-order valence-corrected chi connectivity index (χ1v) is 3.64. The molecule has 0 spiro atoms. The third kappa shape index (κ3) is 4.20. The first kappa shape index (κ1) is 12.1. The Morgan fingerprint density at radius 3 is 2.21 bits per heavy atom. The lowest BCUT2D eigenvalue weighted by molar-refractivity contribution is -0.151. The highest BCUT2D eigenvalue weighted by atomic mass is 16.6. The highest BCUT2D eigenvalue weighted by Gasteiger charge is 2.24. The predicted molar refractivity (Wildman–Crippen MR) is 47.1 cm³/mol. The van der Waals surface area contributed by atoms with Crippen LogP contribution in [0.5, 0.6) is 0 Å². The maximum atomic E-state index is 10.2. The van der Waals surface area contributed by atoms with E-state index >= 15 is 0 Å². The van der Waals surface area contributed by atoms with Crippen molar-refractivity contribution < 1.29 is 23.9 Å². The monoisotopic (exact) mass is 198 g/mol. The molecule has 14 heavy (non-hydrogen) atoms. The van der Waals surface area contributed by atoms with Crippen LogP contribution in [-0.2, 0) is 23.9 Å². The summed E-state index contributed by atoms with van der Waals surface area (Å²) in [5.41, 5.74) is 0.245. The van der Waals surface area contributed by atoms with Crippen LogP contribution in [0.25, 0.3) is 0 Å². The van der Waals surface area contributed by atoms with Gasteiger partial charge in [0.1, 0.15) is 0 Å². The maximum Gasteiger partial charge on any atom is 0.341 e. The molecule has 0 radical (unpaired) electrons. The van der Waals surface area contributed by atoms with Gasteiger partial charge in [-0.25, -0.2) is 9.59 Å². The smallest absolute Gasteiger partial charge is 0.341 e. The summed E-state index contributed by atoms with van der Waals surface area (Å²) in [6.07, 6.45) is 1.17. The van der Waals surface area contributed by atoms with Crippen LogP contribution in [0.4, 0.5) is 0 Å². The summed E-state index contributed by atoms with van der Waals surface area (Å²) < 4.78 is 8.24. The topological polar surface area (TPSA) is 69.7 Å². The van der Waals surface area contributed by atoms with Crippen LogP contribution in [0.3, 0.4) is 0 Å². The van der Waals surface area contributed by atoms with Gasteiger partial charge in [0.2, 0.25) is 0 Å². The minimum Gasteiger partial charge on any atom is -0.466 e. The molecule has 0 aromatic rings. The van der Waals surface area contributed by atoms with Gasteiger partial charge in [-0.2, -0.15) is 0 Å². The van der Waals surface area contributed by atoms with Crippen LogP contribution >= 0.6 is 0 Å². The second-order valence-corrected chi connectivity index (χ2v) is 2.27. The van der Waals surface area contributed by atoms with Crippen LogP contribution in [-0.4, -0.2) is 25.0 Å². The van der Waals surface area contributed by atoms with E-state index in [1.807, 2.05) is 0 Å². The molecule has 0 bridgehead atoms. The Kier molecular flexibility index (Phi) is 4.91. The van der Waals surface area contributed by atoms with Crippen LogP contribution in [0.1, 0.15) is 6.42 Å². The van der Waals surface area contributed by atoms with Crippen molar-refractivity contribution in [3.8, 4) is 0 Å². The van der Waals surface area contributed by atoms with Gasteiger partial charge in [-0.05, 0) is 0 Å². The second kappa shape index (κ2) is 5.69. The summed E-state index contributed by atoms with van der Waals surface area (Å²) in [4.78, 5) is 30.2. The average molecular weight is 198 g/mol. The molecule has 0 atom stereocenters. The summed E-state index contributed by atoms with van der Waals surface area (Å²) in [6, 6.07) is 0. The van der Waals surface area contributed by atoms with Crippen molar-refractivity contribution in [3.63, 3.8) is 0 Å². The minimum atomic E-state index is -0.588. The fraction of sp³-hybridized carbons (Fsp3) is 0.222. The van der Waals surface area contributed by atoms with Crippen molar-refractivity contribution in [2.24, 2.45) is 0 Å². The molecule has 1 heterocycles. The molecule has 0 amide bonds. The van der Waals surface area contributed by atoms with Gasteiger partial charge in [0.25, 0.3) is 0 Å². The van der Waals surface area contributed by atoms with E-state index < -0.39 is 17.9 Å². The Labute approximate surface area is 81.0 Å². The SMILES string of the molecule is C=C1CC(=O)OC1=O.C=CC(=O)OC. The lowest BCUT2D eigenvalue weighted by Gasteiger charge is -1.83. The highest BCUT2D eigenvalue weighted by molar-refractivity contribution is 6.05. The Hall–Kier alpha value is -1.91. The van der Waals surface area contributed by atoms with E-state index in [0.717, 1.165) is 6.08 Å². The lowest BCUT2D eigenvalue weighted by Crippen LogP contribution is -1.95. The molecule has 5 heteroatoms. The Bertz CT molecular complexity index is 272. The van der Waals surface area contributed by atoms with Crippen molar-refractivity contribution in [2.45, 2.75) is 6.42 Å². The fourth-order valence-electron chi connectivity index (χ4n) is 0.541. The third-order valence-corrected chi connectivity index (χ3v) is 1.22. The minimum absolute atomic E-state index is 0.0544. The number of cyclic esters (lactones) is 2. The van der Waals surface area contributed by atoms with Gasteiger partial charge in [-0.1, -0.05) is 13.2 Å². The number of hydrogen-bond acceptors (Lipinski definition) is 5. The summed E-state index contributed by atoms with van der Waals surface area (Å²) >= 11 is 0. The molecule has 1 saturated heterocycles. The van der Waals surface area contributed by atoms with Gasteiger partial charge >= 0.3 is 17.9 Å². The van der Waals surface area contributed by atoms with E-state index in [-0.39, 0.29) is 12.0 Å². The van der Waals surface area contributed by atoms with E-state index in [2.05, 4.69) is 22.6 Å². The first-order valence-electron chi connectivity index (χ1n) is 3.64. The average Bonchev–Trinajstić information content (AvgIpc) is 2.44. The molecule has 1 fully saturated rings. The van der Waals surface area contributed by atoms with Crippen LogP contribution in [0.15, 0.2) is 24.8 Å². The Balaban J connectivity index is 0.000000255.